The predicted octanol–water partition coefficient (Wildman–Crippen LogP) is 5.92. The molecule has 0 aromatic heterocycles. The van der Waals surface area contributed by atoms with Crippen LogP contribution in [0.25, 0.3) is 11.3 Å². The van der Waals surface area contributed by atoms with Crippen molar-refractivity contribution in [2.75, 3.05) is 25.4 Å². The highest BCUT2D eigenvalue weighted by molar-refractivity contribution is 6.25. The lowest BCUT2D eigenvalue weighted by atomic mass is 10.00. The van der Waals surface area contributed by atoms with Crippen LogP contribution >= 0.6 is 11.6 Å². The van der Waals surface area contributed by atoms with Crippen LogP contribution < -0.4 is 14.8 Å². The minimum Gasteiger partial charge on any atom is -0.493 e. The number of methoxy groups -OCH3 is 2. The molecule has 0 aliphatic rings. The minimum atomic E-state index is 0.369. The maximum atomic E-state index is 6.39. The molecular formula is C23H22ClNO2. The van der Waals surface area contributed by atoms with Crippen LogP contribution in [0.3, 0.4) is 0 Å². The van der Waals surface area contributed by atoms with Crippen LogP contribution in [0.5, 0.6) is 11.5 Å². The van der Waals surface area contributed by atoms with Gasteiger partial charge in [-0.1, -0.05) is 48.5 Å². The quantitative estimate of drug-likeness (QED) is 0.408. The Bertz CT molecular complexity index is 908. The van der Waals surface area contributed by atoms with Crippen LogP contribution in [0.2, 0.25) is 0 Å². The standard InChI is InChI=1S/C23H22ClNO2/c1-26-21-14-13-18(15-22(21)27-2)23(25-19-11-7-4-8-12-19)20(16-24)17-9-5-3-6-10-17/h3-15,25H,16H2,1-2H3. The number of para-hydroxylation sites is 1. The molecule has 0 radical (unpaired) electrons. The molecule has 0 saturated carbocycles. The molecule has 0 aliphatic heterocycles. The van der Waals surface area contributed by atoms with Crippen molar-refractivity contribution < 1.29 is 9.47 Å². The van der Waals surface area contributed by atoms with Crippen molar-refractivity contribution >= 4 is 28.6 Å². The van der Waals surface area contributed by atoms with Gasteiger partial charge in [0.1, 0.15) is 0 Å². The fourth-order valence-electron chi connectivity index (χ4n) is 2.91. The molecule has 0 fully saturated rings. The number of rotatable bonds is 7. The summed E-state index contributed by atoms with van der Waals surface area (Å²) in [5.41, 5.74) is 4.97. The zero-order valence-electron chi connectivity index (χ0n) is 15.4. The monoisotopic (exact) mass is 379 g/mol. The van der Waals surface area contributed by atoms with E-state index in [2.05, 4.69) is 17.4 Å². The van der Waals surface area contributed by atoms with Crippen molar-refractivity contribution in [3.63, 3.8) is 0 Å². The van der Waals surface area contributed by atoms with E-state index in [1.54, 1.807) is 14.2 Å². The van der Waals surface area contributed by atoms with Gasteiger partial charge in [0.05, 0.1) is 25.8 Å². The Kier molecular flexibility index (Phi) is 6.39. The normalized spacial score (nSPS) is 11.5. The molecular weight excluding hydrogens is 358 g/mol. The molecule has 0 atom stereocenters. The SMILES string of the molecule is COc1ccc(C(Nc2ccccc2)=C(CCl)c2ccccc2)cc1OC. The number of ether oxygens (including phenoxy) is 2. The lowest BCUT2D eigenvalue weighted by Crippen LogP contribution is -2.05. The first-order valence-electron chi connectivity index (χ1n) is 8.65. The second kappa shape index (κ2) is 9.15. The number of halogens is 1. The summed E-state index contributed by atoms with van der Waals surface area (Å²) in [6.45, 7) is 0. The van der Waals surface area contributed by atoms with Gasteiger partial charge in [-0.2, -0.15) is 0 Å². The van der Waals surface area contributed by atoms with Crippen molar-refractivity contribution in [3.05, 3.63) is 90.0 Å². The first-order chi connectivity index (χ1) is 13.3. The van der Waals surface area contributed by atoms with Crippen molar-refractivity contribution in [1.29, 1.82) is 0 Å². The fraction of sp³-hybridized carbons (Fsp3) is 0.130. The Balaban J connectivity index is 2.17. The highest BCUT2D eigenvalue weighted by Gasteiger charge is 2.14. The number of alkyl halides is 1. The van der Waals surface area contributed by atoms with Gasteiger partial charge in [-0.05, 0) is 41.5 Å². The molecule has 3 aromatic rings. The Morgan fingerprint density at radius 2 is 1.41 bits per heavy atom. The van der Waals surface area contributed by atoms with E-state index in [0.29, 0.717) is 17.4 Å². The number of anilines is 1. The van der Waals surface area contributed by atoms with Crippen molar-refractivity contribution in [2.45, 2.75) is 0 Å². The fourth-order valence-corrected chi connectivity index (χ4v) is 3.19. The molecule has 0 unspecified atom stereocenters. The summed E-state index contributed by atoms with van der Waals surface area (Å²) in [7, 11) is 3.26. The highest BCUT2D eigenvalue weighted by Crippen LogP contribution is 2.34. The van der Waals surface area contributed by atoms with Crippen LogP contribution in [0.4, 0.5) is 5.69 Å². The minimum absolute atomic E-state index is 0.369. The zero-order valence-corrected chi connectivity index (χ0v) is 16.2. The van der Waals surface area contributed by atoms with Crippen LogP contribution in [-0.4, -0.2) is 20.1 Å². The molecule has 1 N–H and O–H groups in total. The molecule has 0 amide bonds. The van der Waals surface area contributed by atoms with E-state index in [9.17, 15) is 0 Å². The van der Waals surface area contributed by atoms with E-state index in [0.717, 1.165) is 28.1 Å². The molecule has 0 heterocycles. The molecule has 3 rings (SSSR count). The van der Waals surface area contributed by atoms with Crippen LogP contribution in [0.15, 0.2) is 78.9 Å². The largest absolute Gasteiger partial charge is 0.493 e. The van der Waals surface area contributed by atoms with Gasteiger partial charge < -0.3 is 14.8 Å². The zero-order chi connectivity index (χ0) is 19.1. The Morgan fingerprint density at radius 1 is 0.778 bits per heavy atom. The Labute approximate surface area is 165 Å². The van der Waals surface area contributed by atoms with E-state index < -0.39 is 0 Å². The molecule has 0 bridgehead atoms. The first-order valence-corrected chi connectivity index (χ1v) is 9.19. The molecule has 4 heteroatoms. The summed E-state index contributed by atoms with van der Waals surface area (Å²) in [5.74, 6) is 1.73. The van der Waals surface area contributed by atoms with E-state index >= 15 is 0 Å². The number of benzene rings is 3. The second-order valence-corrected chi connectivity index (χ2v) is 6.18. The summed E-state index contributed by atoms with van der Waals surface area (Å²) in [4.78, 5) is 0. The third-order valence-corrected chi connectivity index (χ3v) is 4.54. The smallest absolute Gasteiger partial charge is 0.161 e. The molecule has 0 aliphatic carbocycles. The lowest BCUT2D eigenvalue weighted by Gasteiger charge is -2.18. The first kappa shape index (κ1) is 18.9. The maximum absolute atomic E-state index is 6.39. The molecule has 0 saturated heterocycles. The van der Waals surface area contributed by atoms with Gasteiger partial charge in [0.25, 0.3) is 0 Å². The third kappa shape index (κ3) is 4.44. The second-order valence-electron chi connectivity index (χ2n) is 5.91. The van der Waals surface area contributed by atoms with Gasteiger partial charge in [0.2, 0.25) is 0 Å². The van der Waals surface area contributed by atoms with Gasteiger partial charge >= 0.3 is 0 Å². The Morgan fingerprint density at radius 3 is 2.00 bits per heavy atom. The Hall–Kier alpha value is -2.91. The van der Waals surface area contributed by atoms with Crippen LogP contribution in [0, 0.1) is 0 Å². The van der Waals surface area contributed by atoms with Gasteiger partial charge in [0.15, 0.2) is 11.5 Å². The van der Waals surface area contributed by atoms with E-state index in [4.69, 9.17) is 21.1 Å². The molecule has 27 heavy (non-hydrogen) atoms. The van der Waals surface area contributed by atoms with Crippen molar-refractivity contribution in [3.8, 4) is 11.5 Å². The summed E-state index contributed by atoms with van der Waals surface area (Å²) in [6.07, 6.45) is 0. The maximum Gasteiger partial charge on any atom is 0.161 e. The number of hydrogen-bond donors (Lipinski definition) is 1. The van der Waals surface area contributed by atoms with Crippen molar-refractivity contribution in [1.82, 2.24) is 0 Å². The number of nitrogens with one attached hydrogen (secondary N) is 1. The number of allylic oxidation sites excluding steroid dienone is 1. The molecule has 3 aromatic carbocycles. The highest BCUT2D eigenvalue weighted by atomic mass is 35.5. The lowest BCUT2D eigenvalue weighted by molar-refractivity contribution is 0.355. The number of hydrogen-bond acceptors (Lipinski definition) is 3. The summed E-state index contributed by atoms with van der Waals surface area (Å²) >= 11 is 6.39. The van der Waals surface area contributed by atoms with Crippen molar-refractivity contribution in [2.24, 2.45) is 0 Å². The van der Waals surface area contributed by atoms with Gasteiger partial charge in [-0.15, -0.1) is 11.6 Å². The van der Waals surface area contributed by atoms with E-state index in [1.807, 2.05) is 66.7 Å². The topological polar surface area (TPSA) is 30.5 Å². The van der Waals surface area contributed by atoms with Gasteiger partial charge in [-0.25, -0.2) is 0 Å². The average Bonchev–Trinajstić information content (AvgIpc) is 2.74. The third-order valence-electron chi connectivity index (χ3n) is 4.27. The summed E-state index contributed by atoms with van der Waals surface area (Å²) in [5, 5.41) is 3.53. The predicted molar refractivity (Wildman–Crippen MR) is 114 cm³/mol. The van der Waals surface area contributed by atoms with E-state index in [-0.39, 0.29) is 0 Å². The van der Waals surface area contributed by atoms with Crippen LogP contribution in [0.1, 0.15) is 11.1 Å². The molecule has 3 nitrogen and oxygen atoms in total. The summed E-state index contributed by atoms with van der Waals surface area (Å²) in [6, 6.07) is 26.0. The van der Waals surface area contributed by atoms with Gasteiger partial charge in [-0.3, -0.25) is 0 Å². The van der Waals surface area contributed by atoms with Gasteiger partial charge in [0, 0.05) is 11.3 Å². The average molecular weight is 380 g/mol. The summed E-state index contributed by atoms with van der Waals surface area (Å²) < 4.78 is 10.9. The molecule has 138 valence electrons. The van der Waals surface area contributed by atoms with E-state index in [1.165, 1.54) is 0 Å². The molecule has 0 spiro atoms. The van der Waals surface area contributed by atoms with Crippen LogP contribution in [-0.2, 0) is 0 Å².